The number of amides is 1. The van der Waals surface area contributed by atoms with Crippen molar-refractivity contribution in [2.24, 2.45) is 5.92 Å². The third-order valence-corrected chi connectivity index (χ3v) is 3.61. The summed E-state index contributed by atoms with van der Waals surface area (Å²) in [4.78, 5) is 12.1. The Kier molecular flexibility index (Phi) is 6.93. The highest BCUT2D eigenvalue weighted by Crippen LogP contribution is 2.13. The standard InChI is InChI=1S/C16H24ClNO/c1-4-5-14(8-9-17)11-18-16(19)15-7-6-12(2)10-13(15)3/h6-7,10,14H,4-5,8-9,11H2,1-3H3,(H,18,19). The molecule has 106 valence electrons. The molecule has 1 aromatic rings. The van der Waals surface area contributed by atoms with Crippen LogP contribution in [0.2, 0.25) is 0 Å². The van der Waals surface area contributed by atoms with Crippen molar-refractivity contribution in [1.29, 1.82) is 0 Å². The van der Waals surface area contributed by atoms with Crippen LogP contribution in [0.1, 0.15) is 47.7 Å². The van der Waals surface area contributed by atoms with Crippen LogP contribution in [-0.2, 0) is 0 Å². The van der Waals surface area contributed by atoms with Crippen LogP contribution in [0, 0.1) is 19.8 Å². The number of hydrogen-bond acceptors (Lipinski definition) is 1. The second kappa shape index (κ2) is 8.21. The molecule has 0 saturated heterocycles. The summed E-state index contributed by atoms with van der Waals surface area (Å²) >= 11 is 5.79. The number of hydrogen-bond donors (Lipinski definition) is 1. The minimum Gasteiger partial charge on any atom is -0.352 e. The third-order valence-electron chi connectivity index (χ3n) is 3.39. The molecule has 0 spiro atoms. The van der Waals surface area contributed by atoms with E-state index in [1.165, 1.54) is 5.56 Å². The molecule has 0 fully saturated rings. The summed E-state index contributed by atoms with van der Waals surface area (Å²) in [6.45, 7) is 6.89. The van der Waals surface area contributed by atoms with Gasteiger partial charge < -0.3 is 5.32 Å². The Morgan fingerprint density at radius 2 is 2.05 bits per heavy atom. The Morgan fingerprint density at radius 1 is 1.32 bits per heavy atom. The van der Waals surface area contributed by atoms with Crippen LogP contribution in [0.25, 0.3) is 0 Å². The SMILES string of the molecule is CCCC(CCCl)CNC(=O)c1ccc(C)cc1C. The number of nitrogens with one attached hydrogen (secondary N) is 1. The fourth-order valence-electron chi connectivity index (χ4n) is 2.31. The second-order valence-corrected chi connectivity index (χ2v) is 5.54. The third kappa shape index (κ3) is 5.23. The summed E-state index contributed by atoms with van der Waals surface area (Å²) in [5.74, 6) is 1.16. The predicted molar refractivity (Wildman–Crippen MR) is 82.0 cm³/mol. The van der Waals surface area contributed by atoms with E-state index in [2.05, 4.69) is 12.2 Å². The summed E-state index contributed by atoms with van der Waals surface area (Å²) in [7, 11) is 0. The minimum absolute atomic E-state index is 0.0215. The van der Waals surface area contributed by atoms with Gasteiger partial charge in [-0.3, -0.25) is 4.79 Å². The molecule has 1 atom stereocenters. The van der Waals surface area contributed by atoms with E-state index in [1.807, 2.05) is 32.0 Å². The first-order valence-electron chi connectivity index (χ1n) is 6.99. The molecule has 2 nitrogen and oxygen atoms in total. The molecule has 0 aliphatic rings. The molecule has 0 aliphatic carbocycles. The fourth-order valence-corrected chi connectivity index (χ4v) is 2.62. The van der Waals surface area contributed by atoms with Crippen molar-refractivity contribution in [3.63, 3.8) is 0 Å². The van der Waals surface area contributed by atoms with Crippen molar-refractivity contribution >= 4 is 17.5 Å². The number of carbonyl (C=O) groups excluding carboxylic acids is 1. The molecule has 1 rings (SSSR count). The number of rotatable bonds is 7. The molecular weight excluding hydrogens is 258 g/mol. The maximum absolute atomic E-state index is 12.1. The first-order chi connectivity index (χ1) is 9.08. The summed E-state index contributed by atoms with van der Waals surface area (Å²) in [5.41, 5.74) is 2.98. The molecule has 3 heteroatoms. The van der Waals surface area contributed by atoms with Gasteiger partial charge in [0.15, 0.2) is 0 Å². The zero-order chi connectivity index (χ0) is 14.3. The lowest BCUT2D eigenvalue weighted by Gasteiger charge is -2.16. The molecule has 0 radical (unpaired) electrons. The van der Waals surface area contributed by atoms with E-state index in [-0.39, 0.29) is 5.91 Å². The van der Waals surface area contributed by atoms with Crippen molar-refractivity contribution in [3.05, 3.63) is 34.9 Å². The smallest absolute Gasteiger partial charge is 0.251 e. The highest BCUT2D eigenvalue weighted by atomic mass is 35.5. The summed E-state index contributed by atoms with van der Waals surface area (Å²) in [5, 5.41) is 3.03. The summed E-state index contributed by atoms with van der Waals surface area (Å²) in [6.07, 6.45) is 3.20. The Labute approximate surface area is 121 Å². The van der Waals surface area contributed by atoms with Crippen molar-refractivity contribution < 1.29 is 4.79 Å². The number of alkyl halides is 1. The van der Waals surface area contributed by atoms with Crippen molar-refractivity contribution in [2.75, 3.05) is 12.4 Å². The minimum atomic E-state index is 0.0215. The molecule has 0 aromatic heterocycles. The van der Waals surface area contributed by atoms with Crippen molar-refractivity contribution in [3.8, 4) is 0 Å². The maximum Gasteiger partial charge on any atom is 0.251 e. The average Bonchev–Trinajstić information content (AvgIpc) is 2.36. The van der Waals surface area contributed by atoms with Crippen LogP contribution in [0.3, 0.4) is 0 Å². The summed E-state index contributed by atoms with van der Waals surface area (Å²) < 4.78 is 0. The van der Waals surface area contributed by atoms with E-state index in [4.69, 9.17) is 11.6 Å². The largest absolute Gasteiger partial charge is 0.352 e. The van der Waals surface area contributed by atoms with Crippen molar-refractivity contribution in [2.45, 2.75) is 40.0 Å². The maximum atomic E-state index is 12.1. The van der Waals surface area contributed by atoms with E-state index < -0.39 is 0 Å². The lowest BCUT2D eigenvalue weighted by Crippen LogP contribution is -2.30. The number of aryl methyl sites for hydroxylation is 2. The van der Waals surface area contributed by atoms with Gasteiger partial charge in [-0.2, -0.15) is 0 Å². The lowest BCUT2D eigenvalue weighted by molar-refractivity contribution is 0.0945. The van der Waals surface area contributed by atoms with Gasteiger partial charge in [-0.1, -0.05) is 31.0 Å². The van der Waals surface area contributed by atoms with E-state index in [0.29, 0.717) is 18.3 Å². The van der Waals surface area contributed by atoms with E-state index in [1.54, 1.807) is 0 Å². The van der Waals surface area contributed by atoms with Crippen molar-refractivity contribution in [1.82, 2.24) is 5.32 Å². The van der Waals surface area contributed by atoms with E-state index in [9.17, 15) is 4.79 Å². The van der Waals surface area contributed by atoms with Crippen LogP contribution in [0.15, 0.2) is 18.2 Å². The Morgan fingerprint density at radius 3 is 2.63 bits per heavy atom. The summed E-state index contributed by atoms with van der Waals surface area (Å²) in [6, 6.07) is 5.91. The Balaban J connectivity index is 2.58. The van der Waals surface area contributed by atoms with Gasteiger partial charge >= 0.3 is 0 Å². The number of halogens is 1. The first-order valence-corrected chi connectivity index (χ1v) is 7.53. The first kappa shape index (κ1) is 16.0. The van der Waals surface area contributed by atoms with Crippen LogP contribution in [0.5, 0.6) is 0 Å². The molecule has 1 amide bonds. The van der Waals surface area contributed by atoms with E-state index >= 15 is 0 Å². The molecule has 0 bridgehead atoms. The van der Waals surface area contributed by atoms with Gasteiger partial charge in [0.05, 0.1) is 0 Å². The fraction of sp³-hybridized carbons (Fsp3) is 0.562. The molecule has 0 aliphatic heterocycles. The Bertz CT molecular complexity index is 411. The number of benzene rings is 1. The van der Waals surface area contributed by atoms with Gasteiger partial charge in [-0.15, -0.1) is 11.6 Å². The van der Waals surface area contributed by atoms with Crippen LogP contribution >= 0.6 is 11.6 Å². The van der Waals surface area contributed by atoms with Crippen LogP contribution in [0.4, 0.5) is 0 Å². The van der Waals surface area contributed by atoms with E-state index in [0.717, 1.165) is 30.4 Å². The predicted octanol–water partition coefficient (Wildman–Crippen LogP) is 4.08. The molecular formula is C16H24ClNO. The molecule has 19 heavy (non-hydrogen) atoms. The van der Waals surface area contributed by atoms with Gasteiger partial charge in [0.2, 0.25) is 0 Å². The topological polar surface area (TPSA) is 29.1 Å². The molecule has 0 saturated carbocycles. The highest BCUT2D eigenvalue weighted by molar-refractivity contribution is 6.17. The van der Waals surface area contributed by atoms with Gasteiger partial charge in [0.25, 0.3) is 5.91 Å². The second-order valence-electron chi connectivity index (χ2n) is 5.16. The highest BCUT2D eigenvalue weighted by Gasteiger charge is 2.12. The number of carbonyl (C=O) groups is 1. The quantitative estimate of drug-likeness (QED) is 0.750. The monoisotopic (exact) mass is 281 g/mol. The zero-order valence-electron chi connectivity index (χ0n) is 12.1. The van der Waals surface area contributed by atoms with Crippen LogP contribution < -0.4 is 5.32 Å². The van der Waals surface area contributed by atoms with Crippen LogP contribution in [-0.4, -0.2) is 18.3 Å². The zero-order valence-corrected chi connectivity index (χ0v) is 12.9. The molecule has 1 unspecified atom stereocenters. The Hall–Kier alpha value is -1.02. The average molecular weight is 282 g/mol. The lowest BCUT2D eigenvalue weighted by atomic mass is 10.00. The normalized spacial score (nSPS) is 12.2. The molecule has 1 N–H and O–H groups in total. The van der Waals surface area contributed by atoms with Gasteiger partial charge in [0.1, 0.15) is 0 Å². The van der Waals surface area contributed by atoms with Gasteiger partial charge in [0, 0.05) is 18.0 Å². The van der Waals surface area contributed by atoms with Gasteiger partial charge in [-0.05, 0) is 44.2 Å². The molecule has 1 aromatic carbocycles. The van der Waals surface area contributed by atoms with Gasteiger partial charge in [-0.25, -0.2) is 0 Å². The molecule has 0 heterocycles.